The normalized spacial score (nSPS) is 9.74. The van der Waals surface area contributed by atoms with Gasteiger partial charge in [0.15, 0.2) is 0 Å². The van der Waals surface area contributed by atoms with Gasteiger partial charge in [0.1, 0.15) is 12.4 Å². The summed E-state index contributed by atoms with van der Waals surface area (Å²) < 4.78 is 5.47. The molecule has 0 heterocycles. The van der Waals surface area contributed by atoms with Gasteiger partial charge in [-0.2, -0.15) is 0 Å². The van der Waals surface area contributed by atoms with Crippen LogP contribution in [-0.4, -0.2) is 25.6 Å². The Kier molecular flexibility index (Phi) is 6.39. The molecule has 19 heavy (non-hydrogen) atoms. The van der Waals surface area contributed by atoms with Crippen LogP contribution in [0.4, 0.5) is 5.69 Å². The lowest BCUT2D eigenvalue weighted by Crippen LogP contribution is -2.28. The Bertz CT molecular complexity index is 438. The van der Waals surface area contributed by atoms with Crippen molar-refractivity contribution in [1.29, 1.82) is 0 Å². The van der Waals surface area contributed by atoms with E-state index in [0.29, 0.717) is 13.2 Å². The Labute approximate surface area is 114 Å². The highest BCUT2D eigenvalue weighted by Gasteiger charge is 2.01. The van der Waals surface area contributed by atoms with E-state index in [1.165, 1.54) is 0 Å². The molecule has 0 aliphatic heterocycles. The van der Waals surface area contributed by atoms with Crippen LogP contribution in [0.5, 0.6) is 5.75 Å². The van der Waals surface area contributed by atoms with Crippen molar-refractivity contribution in [2.75, 3.05) is 25.0 Å². The smallest absolute Gasteiger partial charge is 0.238 e. The van der Waals surface area contributed by atoms with Crippen LogP contribution in [0.1, 0.15) is 6.92 Å². The maximum atomic E-state index is 11.5. The van der Waals surface area contributed by atoms with E-state index in [4.69, 9.17) is 4.74 Å². The Hall–Kier alpha value is -2.07. The van der Waals surface area contributed by atoms with Crippen molar-refractivity contribution < 1.29 is 9.53 Å². The van der Waals surface area contributed by atoms with Gasteiger partial charge in [-0.15, -0.1) is 6.58 Å². The molecular formula is C15H20N2O2. The molecule has 0 bridgehead atoms. The van der Waals surface area contributed by atoms with Crippen molar-refractivity contribution in [3.63, 3.8) is 0 Å². The molecule has 0 atom stereocenters. The minimum atomic E-state index is -0.0857. The van der Waals surface area contributed by atoms with Gasteiger partial charge in [-0.05, 0) is 36.8 Å². The van der Waals surface area contributed by atoms with E-state index in [9.17, 15) is 4.79 Å². The summed E-state index contributed by atoms with van der Waals surface area (Å²) >= 11 is 0. The highest BCUT2D eigenvalue weighted by atomic mass is 16.5. The molecule has 0 radical (unpaired) electrons. The van der Waals surface area contributed by atoms with Gasteiger partial charge in [-0.1, -0.05) is 12.7 Å². The van der Waals surface area contributed by atoms with Gasteiger partial charge in [0.25, 0.3) is 0 Å². The van der Waals surface area contributed by atoms with E-state index < -0.39 is 0 Å². The van der Waals surface area contributed by atoms with Crippen molar-refractivity contribution >= 4 is 11.6 Å². The first-order chi connectivity index (χ1) is 9.11. The first-order valence-electron chi connectivity index (χ1n) is 6.10. The summed E-state index contributed by atoms with van der Waals surface area (Å²) in [5, 5.41) is 5.72. The SMILES string of the molecule is C=CCNCC(=O)Nc1ccc(OCC(=C)C)cc1. The first-order valence-corrected chi connectivity index (χ1v) is 6.10. The number of nitrogens with one attached hydrogen (secondary N) is 2. The van der Waals surface area contributed by atoms with Crippen LogP contribution < -0.4 is 15.4 Å². The van der Waals surface area contributed by atoms with Gasteiger partial charge >= 0.3 is 0 Å². The quantitative estimate of drug-likeness (QED) is 0.557. The molecule has 0 fully saturated rings. The molecule has 0 saturated carbocycles. The number of carbonyl (C=O) groups is 1. The Morgan fingerprint density at radius 3 is 2.63 bits per heavy atom. The molecule has 4 heteroatoms. The van der Waals surface area contributed by atoms with Crippen molar-refractivity contribution in [3.05, 3.63) is 49.1 Å². The van der Waals surface area contributed by atoms with Crippen LogP contribution >= 0.6 is 0 Å². The zero-order valence-electron chi connectivity index (χ0n) is 11.2. The molecule has 0 aliphatic carbocycles. The van der Waals surface area contributed by atoms with E-state index in [-0.39, 0.29) is 12.5 Å². The number of hydrogen-bond acceptors (Lipinski definition) is 3. The summed E-state index contributed by atoms with van der Waals surface area (Å²) in [6.07, 6.45) is 1.71. The zero-order chi connectivity index (χ0) is 14.1. The number of anilines is 1. The van der Waals surface area contributed by atoms with E-state index in [0.717, 1.165) is 17.0 Å². The predicted molar refractivity (Wildman–Crippen MR) is 78.4 cm³/mol. The van der Waals surface area contributed by atoms with Gasteiger partial charge in [0.2, 0.25) is 5.91 Å². The second-order valence-electron chi connectivity index (χ2n) is 4.24. The van der Waals surface area contributed by atoms with Gasteiger partial charge in [0, 0.05) is 12.2 Å². The number of ether oxygens (including phenoxy) is 1. The molecule has 0 spiro atoms. The fraction of sp³-hybridized carbons (Fsp3) is 0.267. The van der Waals surface area contributed by atoms with Crippen molar-refractivity contribution in [1.82, 2.24) is 5.32 Å². The van der Waals surface area contributed by atoms with E-state index in [2.05, 4.69) is 23.8 Å². The minimum absolute atomic E-state index is 0.0857. The molecule has 1 rings (SSSR count). The summed E-state index contributed by atoms with van der Waals surface area (Å²) in [5.74, 6) is 0.670. The fourth-order valence-corrected chi connectivity index (χ4v) is 1.33. The van der Waals surface area contributed by atoms with Crippen molar-refractivity contribution in [2.45, 2.75) is 6.92 Å². The molecule has 4 nitrogen and oxygen atoms in total. The lowest BCUT2D eigenvalue weighted by molar-refractivity contribution is -0.115. The van der Waals surface area contributed by atoms with Crippen LogP contribution in [0.15, 0.2) is 49.1 Å². The maximum absolute atomic E-state index is 11.5. The van der Waals surface area contributed by atoms with Gasteiger partial charge in [-0.25, -0.2) is 0 Å². The Balaban J connectivity index is 2.40. The molecule has 1 aromatic carbocycles. The molecule has 102 valence electrons. The van der Waals surface area contributed by atoms with Gasteiger partial charge in [-0.3, -0.25) is 4.79 Å². The van der Waals surface area contributed by atoms with E-state index in [1.807, 2.05) is 19.1 Å². The average Bonchev–Trinajstić information content (AvgIpc) is 2.38. The number of benzene rings is 1. The third kappa shape index (κ3) is 6.43. The fourth-order valence-electron chi connectivity index (χ4n) is 1.33. The third-order valence-electron chi connectivity index (χ3n) is 2.20. The van der Waals surface area contributed by atoms with Crippen LogP contribution in [0.2, 0.25) is 0 Å². The van der Waals surface area contributed by atoms with Crippen molar-refractivity contribution in [3.8, 4) is 5.75 Å². The Morgan fingerprint density at radius 2 is 2.05 bits per heavy atom. The molecule has 2 N–H and O–H groups in total. The third-order valence-corrected chi connectivity index (χ3v) is 2.20. The number of amides is 1. The average molecular weight is 260 g/mol. The highest BCUT2D eigenvalue weighted by Crippen LogP contribution is 2.16. The predicted octanol–water partition coefficient (Wildman–Crippen LogP) is 2.36. The van der Waals surface area contributed by atoms with Crippen LogP contribution in [0.3, 0.4) is 0 Å². The minimum Gasteiger partial charge on any atom is -0.489 e. The monoisotopic (exact) mass is 260 g/mol. The molecule has 1 amide bonds. The second kappa shape index (κ2) is 8.11. The molecule has 0 saturated heterocycles. The molecule has 0 aromatic heterocycles. The highest BCUT2D eigenvalue weighted by molar-refractivity contribution is 5.92. The van der Waals surface area contributed by atoms with Crippen LogP contribution in [0, 0.1) is 0 Å². The maximum Gasteiger partial charge on any atom is 0.238 e. The Morgan fingerprint density at radius 1 is 1.37 bits per heavy atom. The standard InChI is InChI=1S/C15H20N2O2/c1-4-9-16-10-15(18)17-13-5-7-14(8-6-13)19-11-12(2)3/h4-8,16H,1-2,9-11H2,3H3,(H,17,18). The summed E-state index contributed by atoms with van der Waals surface area (Å²) in [5.41, 5.74) is 1.71. The van der Waals surface area contributed by atoms with Crippen LogP contribution in [-0.2, 0) is 4.79 Å². The number of hydrogen-bond donors (Lipinski definition) is 2. The largest absolute Gasteiger partial charge is 0.489 e. The van der Waals surface area contributed by atoms with E-state index >= 15 is 0 Å². The van der Waals surface area contributed by atoms with E-state index in [1.54, 1.807) is 18.2 Å². The summed E-state index contributed by atoms with van der Waals surface area (Å²) in [6.45, 7) is 10.6. The zero-order valence-corrected chi connectivity index (χ0v) is 11.2. The summed E-state index contributed by atoms with van der Waals surface area (Å²) in [4.78, 5) is 11.5. The summed E-state index contributed by atoms with van der Waals surface area (Å²) in [7, 11) is 0. The van der Waals surface area contributed by atoms with Crippen molar-refractivity contribution in [2.24, 2.45) is 0 Å². The topological polar surface area (TPSA) is 50.4 Å². The van der Waals surface area contributed by atoms with Gasteiger partial charge in [0.05, 0.1) is 6.54 Å². The lowest BCUT2D eigenvalue weighted by atomic mass is 10.3. The molecular weight excluding hydrogens is 240 g/mol. The molecule has 0 aliphatic rings. The molecule has 0 unspecified atom stereocenters. The summed E-state index contributed by atoms with van der Waals surface area (Å²) in [6, 6.07) is 7.24. The van der Waals surface area contributed by atoms with Crippen LogP contribution in [0.25, 0.3) is 0 Å². The first kappa shape index (κ1) is 15.0. The lowest BCUT2D eigenvalue weighted by Gasteiger charge is -2.08. The number of rotatable bonds is 8. The number of carbonyl (C=O) groups excluding carboxylic acids is 1. The van der Waals surface area contributed by atoms with Gasteiger partial charge < -0.3 is 15.4 Å². The molecule has 1 aromatic rings. The second-order valence-corrected chi connectivity index (χ2v) is 4.24.